The van der Waals surface area contributed by atoms with E-state index in [1.165, 1.54) is 19.3 Å². The molecule has 0 aromatic carbocycles. The highest BCUT2D eigenvalue weighted by Gasteiger charge is 2.26. The molecule has 0 aliphatic carbocycles. The highest BCUT2D eigenvalue weighted by molar-refractivity contribution is 5.96. The zero-order valence-electron chi connectivity index (χ0n) is 16.2. The van der Waals surface area contributed by atoms with Gasteiger partial charge in [-0.3, -0.25) is 9.59 Å². The molecule has 0 rings (SSSR count). The average molecular weight is 347 g/mol. The molecule has 0 spiro atoms. The number of hydrogen-bond donors (Lipinski definition) is 0. The van der Waals surface area contributed by atoms with Gasteiger partial charge in [0.15, 0.2) is 5.78 Å². The third-order valence-corrected chi connectivity index (χ3v) is 4.45. The first-order valence-electron chi connectivity index (χ1n) is 9.44. The van der Waals surface area contributed by atoms with Crippen molar-refractivity contribution in [1.82, 2.24) is 0 Å². The molecule has 2 unspecified atom stereocenters. The summed E-state index contributed by atoms with van der Waals surface area (Å²) in [5.74, 6) is -0.449. The average Bonchev–Trinajstić information content (AvgIpc) is 2.62. The van der Waals surface area contributed by atoms with Gasteiger partial charge in [-0.2, -0.15) is 0 Å². The maximum atomic E-state index is 12.4. The number of unbranched alkanes of at least 4 members (excludes halogenated alkanes) is 4. The first-order chi connectivity index (χ1) is 12.0. The molecule has 0 aliphatic heterocycles. The molecule has 0 bridgehead atoms. The normalized spacial score (nSPS) is 12.4. The third-order valence-electron chi connectivity index (χ3n) is 4.45. The molecule has 25 heavy (non-hydrogen) atoms. The summed E-state index contributed by atoms with van der Waals surface area (Å²) in [6, 6.07) is 0. The number of ether oxygens (including phenoxy) is 1. The molecule has 0 saturated heterocycles. The summed E-state index contributed by atoms with van der Waals surface area (Å²) in [4.78, 5) is 24.4. The lowest BCUT2D eigenvalue weighted by Crippen LogP contribution is -2.23. The fourth-order valence-electron chi connectivity index (χ4n) is 2.85. The van der Waals surface area contributed by atoms with Crippen molar-refractivity contribution in [3.63, 3.8) is 0 Å². The van der Waals surface area contributed by atoms with Crippen molar-refractivity contribution in [1.29, 1.82) is 0 Å². The number of carbonyl (C=O) groups excluding carboxylic acids is 2. The van der Waals surface area contributed by atoms with Gasteiger partial charge in [0.05, 0.1) is 6.61 Å². The number of rotatable bonds is 14. The monoisotopic (exact) mass is 346 g/mol. The molecule has 0 aromatic heterocycles. The van der Waals surface area contributed by atoms with Crippen LogP contribution in [0.25, 0.3) is 0 Å². The van der Waals surface area contributed by atoms with Crippen molar-refractivity contribution in [2.45, 2.75) is 72.1 Å². The van der Waals surface area contributed by atoms with Gasteiger partial charge in [-0.15, -0.1) is 11.5 Å². The van der Waals surface area contributed by atoms with E-state index in [1.807, 2.05) is 6.92 Å². The fourth-order valence-corrected chi connectivity index (χ4v) is 2.85. The van der Waals surface area contributed by atoms with Crippen LogP contribution in [-0.2, 0) is 14.3 Å². The van der Waals surface area contributed by atoms with Crippen molar-refractivity contribution in [2.24, 2.45) is 11.8 Å². The van der Waals surface area contributed by atoms with Gasteiger partial charge in [0.1, 0.15) is 0 Å². The second-order valence-electron chi connectivity index (χ2n) is 6.39. The molecule has 3 heteroatoms. The Kier molecular flexibility index (Phi) is 13.5. The van der Waals surface area contributed by atoms with E-state index in [1.54, 1.807) is 13.0 Å². The summed E-state index contributed by atoms with van der Waals surface area (Å²) in [6.45, 7) is 13.5. The Bertz CT molecular complexity index is 505. The first kappa shape index (κ1) is 23.2. The largest absolute Gasteiger partial charge is 0.466 e. The van der Waals surface area contributed by atoms with Crippen LogP contribution in [-0.4, -0.2) is 18.4 Å². The molecule has 140 valence electrons. The Balaban J connectivity index is 4.47. The summed E-state index contributed by atoms with van der Waals surface area (Å²) in [6.07, 6.45) is 8.99. The highest BCUT2D eigenvalue weighted by Crippen LogP contribution is 2.26. The van der Waals surface area contributed by atoms with Crippen molar-refractivity contribution in [2.75, 3.05) is 6.61 Å². The van der Waals surface area contributed by atoms with Gasteiger partial charge in [-0.1, -0.05) is 52.7 Å². The minimum Gasteiger partial charge on any atom is -0.466 e. The molecule has 0 aliphatic rings. The SMILES string of the molecule is C=C=CC(CCC(=O)OCCCCCCC)C(CC)C(=O)C(C)=C=C. The van der Waals surface area contributed by atoms with Gasteiger partial charge in [-0.05, 0) is 38.2 Å². The molecule has 2 atom stereocenters. The third kappa shape index (κ3) is 9.92. The standard InChI is InChI=1S/C22H34O3/c1-6-10-11-12-13-17-25-21(23)16-15-19(14-7-2)20(9-4)22(24)18(5)8-3/h14,19-20H,2-3,6,9-13,15-17H2,1,4-5H3. The summed E-state index contributed by atoms with van der Waals surface area (Å²) >= 11 is 0. The summed E-state index contributed by atoms with van der Waals surface area (Å²) in [7, 11) is 0. The van der Waals surface area contributed by atoms with E-state index in [4.69, 9.17) is 4.74 Å². The number of Topliss-reactive ketones (excluding diaryl/α,β-unsaturated/α-hetero) is 1. The van der Waals surface area contributed by atoms with Crippen LogP contribution in [0.2, 0.25) is 0 Å². The number of hydrogen-bond acceptors (Lipinski definition) is 3. The van der Waals surface area contributed by atoms with Crippen molar-refractivity contribution in [3.8, 4) is 0 Å². The lowest BCUT2D eigenvalue weighted by atomic mass is 9.81. The summed E-state index contributed by atoms with van der Waals surface area (Å²) in [5, 5.41) is 0. The molecule has 0 aromatic rings. The smallest absolute Gasteiger partial charge is 0.305 e. The molecule has 3 nitrogen and oxygen atoms in total. The Hall–Kier alpha value is -1.82. The minimum absolute atomic E-state index is 0.0262. The molecule has 0 fully saturated rings. The highest BCUT2D eigenvalue weighted by atomic mass is 16.5. The van der Waals surface area contributed by atoms with Gasteiger partial charge in [0, 0.05) is 17.9 Å². The first-order valence-corrected chi connectivity index (χ1v) is 9.44. The Morgan fingerprint density at radius 3 is 2.36 bits per heavy atom. The molecule has 0 amide bonds. The lowest BCUT2D eigenvalue weighted by molar-refractivity contribution is -0.144. The molecule has 0 N–H and O–H groups in total. The van der Waals surface area contributed by atoms with Crippen LogP contribution in [0, 0.1) is 11.8 Å². The molecule has 0 radical (unpaired) electrons. The van der Waals surface area contributed by atoms with Crippen LogP contribution in [0.1, 0.15) is 72.1 Å². The predicted molar refractivity (Wildman–Crippen MR) is 103 cm³/mol. The van der Waals surface area contributed by atoms with Crippen molar-refractivity contribution in [3.05, 3.63) is 36.3 Å². The lowest BCUT2D eigenvalue weighted by Gasteiger charge is -2.21. The Labute approximate surface area is 153 Å². The topological polar surface area (TPSA) is 43.4 Å². The van der Waals surface area contributed by atoms with E-state index < -0.39 is 0 Å². The second-order valence-corrected chi connectivity index (χ2v) is 6.39. The quantitative estimate of drug-likeness (QED) is 0.179. The fraction of sp³-hybridized carbons (Fsp3) is 0.636. The van der Waals surface area contributed by atoms with Crippen LogP contribution in [0.5, 0.6) is 0 Å². The maximum Gasteiger partial charge on any atom is 0.305 e. The molecular formula is C22H34O3. The molecule has 0 saturated carbocycles. The van der Waals surface area contributed by atoms with Crippen LogP contribution >= 0.6 is 0 Å². The zero-order valence-corrected chi connectivity index (χ0v) is 16.2. The second kappa shape index (κ2) is 14.5. The van der Waals surface area contributed by atoms with E-state index in [-0.39, 0.29) is 23.6 Å². The number of allylic oxidation sites excluding steroid dienone is 2. The van der Waals surface area contributed by atoms with Gasteiger partial charge in [-0.25, -0.2) is 0 Å². The van der Waals surface area contributed by atoms with Gasteiger partial charge >= 0.3 is 5.97 Å². The zero-order chi connectivity index (χ0) is 19.1. The van der Waals surface area contributed by atoms with Crippen LogP contribution in [0.3, 0.4) is 0 Å². The van der Waals surface area contributed by atoms with E-state index in [0.29, 0.717) is 31.4 Å². The number of ketones is 1. The van der Waals surface area contributed by atoms with Crippen LogP contribution < -0.4 is 0 Å². The van der Waals surface area contributed by atoms with Gasteiger partial charge in [0.25, 0.3) is 0 Å². The number of carbonyl (C=O) groups is 2. The van der Waals surface area contributed by atoms with E-state index >= 15 is 0 Å². The van der Waals surface area contributed by atoms with E-state index in [9.17, 15) is 9.59 Å². The summed E-state index contributed by atoms with van der Waals surface area (Å²) < 4.78 is 5.29. The molecular weight excluding hydrogens is 312 g/mol. The van der Waals surface area contributed by atoms with Crippen LogP contribution in [0.4, 0.5) is 0 Å². The van der Waals surface area contributed by atoms with E-state index in [2.05, 4.69) is 31.5 Å². The van der Waals surface area contributed by atoms with Crippen molar-refractivity contribution < 1.29 is 14.3 Å². The van der Waals surface area contributed by atoms with Gasteiger partial charge < -0.3 is 4.74 Å². The van der Waals surface area contributed by atoms with Crippen LogP contribution in [0.15, 0.2) is 36.3 Å². The maximum absolute atomic E-state index is 12.4. The summed E-state index contributed by atoms with van der Waals surface area (Å²) in [5.41, 5.74) is 5.96. The van der Waals surface area contributed by atoms with Crippen molar-refractivity contribution >= 4 is 11.8 Å². The Morgan fingerprint density at radius 2 is 1.80 bits per heavy atom. The molecule has 0 heterocycles. The minimum atomic E-state index is -0.203. The van der Waals surface area contributed by atoms with E-state index in [0.717, 1.165) is 12.8 Å². The number of esters is 1. The van der Waals surface area contributed by atoms with Gasteiger partial charge in [0.2, 0.25) is 0 Å². The predicted octanol–water partition coefficient (Wildman–Crippen LogP) is 5.56. The Morgan fingerprint density at radius 1 is 1.12 bits per heavy atom.